The van der Waals surface area contributed by atoms with Gasteiger partial charge in [-0.15, -0.1) is 0 Å². The largest absolute Gasteiger partial charge is 0.294 e. The number of carbonyl (C=O) groups is 1. The second-order valence-electron chi connectivity index (χ2n) is 6.69. The van der Waals surface area contributed by atoms with Crippen molar-refractivity contribution < 1.29 is 4.79 Å². The molecule has 0 aliphatic heterocycles. The van der Waals surface area contributed by atoms with Gasteiger partial charge in [0.1, 0.15) is 0 Å². The lowest BCUT2D eigenvalue weighted by atomic mass is 9.94. The first kappa shape index (κ1) is 16.9. The van der Waals surface area contributed by atoms with Gasteiger partial charge in [0, 0.05) is 12.0 Å². The second kappa shape index (κ2) is 6.91. The van der Waals surface area contributed by atoms with E-state index in [1.54, 1.807) is 0 Å². The highest BCUT2D eigenvalue weighted by molar-refractivity contribution is 5.96. The zero-order chi connectivity index (χ0) is 18.0. The van der Waals surface area contributed by atoms with Crippen LogP contribution in [0.5, 0.6) is 0 Å². The molecule has 3 rings (SSSR count). The average molecular weight is 327 g/mol. The molecule has 0 radical (unpaired) electrons. The monoisotopic (exact) mass is 327 g/mol. The Morgan fingerprint density at radius 3 is 2.12 bits per heavy atom. The van der Waals surface area contributed by atoms with Crippen LogP contribution in [0.15, 0.2) is 48.5 Å². The topological polar surface area (TPSA) is 40.9 Å². The highest BCUT2D eigenvalue weighted by Crippen LogP contribution is 2.24. The normalized spacial score (nSPS) is 10.6. The molecule has 3 aromatic carbocycles. The van der Waals surface area contributed by atoms with Crippen molar-refractivity contribution in [2.75, 3.05) is 0 Å². The van der Waals surface area contributed by atoms with E-state index in [9.17, 15) is 10.1 Å². The van der Waals surface area contributed by atoms with E-state index in [-0.39, 0.29) is 5.78 Å². The third-order valence-electron chi connectivity index (χ3n) is 4.79. The van der Waals surface area contributed by atoms with Gasteiger partial charge in [-0.05, 0) is 66.8 Å². The summed E-state index contributed by atoms with van der Waals surface area (Å²) in [6, 6.07) is 18.2. The number of benzene rings is 3. The third kappa shape index (κ3) is 3.61. The molecular weight excluding hydrogens is 306 g/mol. The summed E-state index contributed by atoms with van der Waals surface area (Å²) < 4.78 is 0. The van der Waals surface area contributed by atoms with E-state index in [2.05, 4.69) is 38.1 Å². The Hall–Kier alpha value is -2.92. The van der Waals surface area contributed by atoms with Gasteiger partial charge in [-0.1, -0.05) is 42.0 Å². The minimum Gasteiger partial charge on any atom is -0.294 e. The van der Waals surface area contributed by atoms with E-state index >= 15 is 0 Å². The summed E-state index contributed by atoms with van der Waals surface area (Å²) in [6.45, 7) is 6.18. The molecule has 0 bridgehead atoms. The minimum absolute atomic E-state index is 0.115. The van der Waals surface area contributed by atoms with Crippen molar-refractivity contribution in [1.82, 2.24) is 0 Å². The first-order chi connectivity index (χ1) is 12.0. The van der Waals surface area contributed by atoms with E-state index < -0.39 is 0 Å². The summed E-state index contributed by atoms with van der Waals surface area (Å²) in [5, 5.41) is 11.7. The average Bonchev–Trinajstić information content (AvgIpc) is 2.60. The lowest BCUT2D eigenvalue weighted by Gasteiger charge is -2.09. The number of carbonyl (C=O) groups excluding carboxylic acids is 1. The van der Waals surface area contributed by atoms with Gasteiger partial charge in [0.15, 0.2) is 5.78 Å². The highest BCUT2D eigenvalue weighted by Gasteiger charge is 2.10. The van der Waals surface area contributed by atoms with Crippen molar-refractivity contribution in [1.29, 1.82) is 5.26 Å². The van der Waals surface area contributed by atoms with Crippen molar-refractivity contribution in [3.8, 4) is 6.07 Å². The first-order valence-corrected chi connectivity index (χ1v) is 8.52. The van der Waals surface area contributed by atoms with Crippen molar-refractivity contribution >= 4 is 16.6 Å². The van der Waals surface area contributed by atoms with Gasteiger partial charge in [0.25, 0.3) is 0 Å². The predicted octanol–water partition coefficient (Wildman–Crippen LogP) is 5.45. The van der Waals surface area contributed by atoms with Gasteiger partial charge in [-0.2, -0.15) is 5.26 Å². The first-order valence-electron chi connectivity index (χ1n) is 8.52. The molecule has 124 valence electrons. The quantitative estimate of drug-likeness (QED) is 0.598. The van der Waals surface area contributed by atoms with Crippen molar-refractivity contribution in [2.45, 2.75) is 33.6 Å². The predicted molar refractivity (Wildman–Crippen MR) is 102 cm³/mol. The van der Waals surface area contributed by atoms with Crippen LogP contribution >= 0.6 is 0 Å². The molecule has 0 aliphatic carbocycles. The van der Waals surface area contributed by atoms with Crippen molar-refractivity contribution in [2.24, 2.45) is 0 Å². The van der Waals surface area contributed by atoms with Crippen LogP contribution in [-0.2, 0) is 6.42 Å². The van der Waals surface area contributed by atoms with Gasteiger partial charge < -0.3 is 0 Å². The number of Topliss-reactive ketones (excluding diaryl/α,β-unsaturated/α-hetero) is 1. The molecule has 0 atom stereocenters. The van der Waals surface area contributed by atoms with Crippen LogP contribution in [0.4, 0.5) is 0 Å². The Morgan fingerprint density at radius 1 is 0.920 bits per heavy atom. The van der Waals surface area contributed by atoms with Gasteiger partial charge in [-0.3, -0.25) is 4.79 Å². The van der Waals surface area contributed by atoms with Crippen LogP contribution < -0.4 is 0 Å². The van der Waals surface area contributed by atoms with Crippen molar-refractivity contribution in [3.63, 3.8) is 0 Å². The number of rotatable bonds is 4. The molecule has 0 amide bonds. The summed E-state index contributed by atoms with van der Waals surface area (Å²) in [5.41, 5.74) is 5.93. The Morgan fingerprint density at radius 2 is 1.52 bits per heavy atom. The van der Waals surface area contributed by atoms with Gasteiger partial charge >= 0.3 is 0 Å². The molecule has 0 fully saturated rings. The van der Waals surface area contributed by atoms with E-state index in [0.29, 0.717) is 18.4 Å². The maximum atomic E-state index is 12.4. The van der Waals surface area contributed by atoms with Crippen LogP contribution in [0.25, 0.3) is 10.8 Å². The number of fused-ring (bicyclic) bond motifs is 1. The van der Waals surface area contributed by atoms with E-state index in [1.807, 2.05) is 37.3 Å². The molecule has 25 heavy (non-hydrogen) atoms. The van der Waals surface area contributed by atoms with E-state index in [0.717, 1.165) is 27.5 Å². The number of nitriles is 1. The van der Waals surface area contributed by atoms with Crippen LogP contribution in [0.2, 0.25) is 0 Å². The Bertz CT molecular complexity index is 991. The fraction of sp³-hybridized carbons (Fsp3) is 0.217. The van der Waals surface area contributed by atoms with Crippen molar-refractivity contribution in [3.05, 3.63) is 81.9 Å². The Kier molecular flexibility index (Phi) is 4.67. The Balaban J connectivity index is 1.87. The summed E-state index contributed by atoms with van der Waals surface area (Å²) in [7, 11) is 0. The molecule has 2 heteroatoms. The SMILES string of the molecule is Cc1ccc(C(=O)CCc2cc3cc(C)c(C)cc3cc2C#N)cc1. The third-order valence-corrected chi connectivity index (χ3v) is 4.79. The van der Waals surface area contributed by atoms with Gasteiger partial charge in [0.05, 0.1) is 11.6 Å². The summed E-state index contributed by atoms with van der Waals surface area (Å²) >= 11 is 0. The second-order valence-corrected chi connectivity index (χ2v) is 6.69. The van der Waals surface area contributed by atoms with Gasteiger partial charge in [0.2, 0.25) is 0 Å². The van der Waals surface area contributed by atoms with Crippen LogP contribution in [-0.4, -0.2) is 5.78 Å². The molecular formula is C23H21NO. The standard InChI is InChI=1S/C23H21NO/c1-15-4-6-18(7-5-15)23(25)9-8-19-12-20-10-16(2)17(3)11-21(20)13-22(19)14-24/h4-7,10-13H,8-9H2,1-3H3. The lowest BCUT2D eigenvalue weighted by molar-refractivity contribution is 0.0983. The molecule has 0 aliphatic rings. The lowest BCUT2D eigenvalue weighted by Crippen LogP contribution is -2.02. The number of ketones is 1. The van der Waals surface area contributed by atoms with Crippen LogP contribution in [0.1, 0.15) is 44.6 Å². The fourth-order valence-corrected chi connectivity index (χ4v) is 3.07. The van der Waals surface area contributed by atoms with Crippen LogP contribution in [0, 0.1) is 32.1 Å². The fourth-order valence-electron chi connectivity index (χ4n) is 3.07. The van der Waals surface area contributed by atoms with E-state index in [4.69, 9.17) is 0 Å². The number of hydrogen-bond donors (Lipinski definition) is 0. The number of hydrogen-bond acceptors (Lipinski definition) is 2. The van der Waals surface area contributed by atoms with E-state index in [1.165, 1.54) is 11.1 Å². The minimum atomic E-state index is 0.115. The highest BCUT2D eigenvalue weighted by atomic mass is 16.1. The Labute approximate surface area is 148 Å². The molecule has 0 saturated carbocycles. The van der Waals surface area contributed by atoms with Crippen LogP contribution in [0.3, 0.4) is 0 Å². The maximum Gasteiger partial charge on any atom is 0.163 e. The molecule has 0 saturated heterocycles. The summed E-state index contributed by atoms with van der Waals surface area (Å²) in [4.78, 5) is 12.4. The summed E-state index contributed by atoms with van der Waals surface area (Å²) in [6.07, 6.45) is 0.993. The number of aryl methyl sites for hydroxylation is 4. The molecule has 0 aromatic heterocycles. The zero-order valence-electron chi connectivity index (χ0n) is 14.9. The smallest absolute Gasteiger partial charge is 0.163 e. The molecule has 0 unspecified atom stereocenters. The zero-order valence-corrected chi connectivity index (χ0v) is 14.9. The number of nitrogens with zero attached hydrogens (tertiary/aromatic N) is 1. The maximum absolute atomic E-state index is 12.4. The molecule has 0 heterocycles. The molecule has 2 nitrogen and oxygen atoms in total. The molecule has 0 spiro atoms. The van der Waals surface area contributed by atoms with Gasteiger partial charge in [-0.25, -0.2) is 0 Å². The molecule has 3 aromatic rings. The summed E-state index contributed by atoms with van der Waals surface area (Å²) in [5.74, 6) is 0.115. The molecule has 0 N–H and O–H groups in total.